The maximum atomic E-state index is 15.2. The van der Waals surface area contributed by atoms with Gasteiger partial charge in [-0.05, 0) is 62.4 Å². The highest BCUT2D eigenvalue weighted by Crippen LogP contribution is 2.27. The summed E-state index contributed by atoms with van der Waals surface area (Å²) in [5, 5.41) is 12.7. The summed E-state index contributed by atoms with van der Waals surface area (Å²) in [5.74, 6) is -2.85. The number of rotatable bonds is 8. The van der Waals surface area contributed by atoms with Gasteiger partial charge in [0.05, 0.1) is 17.0 Å². The van der Waals surface area contributed by atoms with E-state index in [9.17, 15) is 23.6 Å². The van der Waals surface area contributed by atoms with E-state index in [1.54, 1.807) is 27.9 Å². The summed E-state index contributed by atoms with van der Waals surface area (Å²) in [5.41, 5.74) is -1.46. The van der Waals surface area contributed by atoms with Crippen LogP contribution in [0.4, 0.5) is 14.5 Å². The van der Waals surface area contributed by atoms with E-state index in [1.165, 1.54) is 52.1 Å². The van der Waals surface area contributed by atoms with Crippen molar-refractivity contribution in [3.63, 3.8) is 0 Å². The molecule has 2 aromatic carbocycles. The highest BCUT2D eigenvalue weighted by atomic mass is 19.1. The minimum absolute atomic E-state index is 0.0146. The van der Waals surface area contributed by atoms with Crippen molar-refractivity contribution in [3.05, 3.63) is 122 Å². The smallest absolute Gasteiger partial charge is 0.335 e. The molecule has 3 N–H and O–H groups in total. The molecular formula is C30H28F2N6O5. The van der Waals surface area contributed by atoms with E-state index in [4.69, 9.17) is 10.1 Å². The normalized spacial score (nSPS) is 13.6. The third-order valence-electron chi connectivity index (χ3n) is 6.25. The monoisotopic (exact) mass is 590 g/mol. The van der Waals surface area contributed by atoms with Crippen LogP contribution in [0.5, 0.6) is 5.75 Å². The summed E-state index contributed by atoms with van der Waals surface area (Å²) in [4.78, 5) is 53.2. The summed E-state index contributed by atoms with van der Waals surface area (Å²) in [7, 11) is 3.14. The number of hydrogen-bond acceptors (Lipinski definition) is 7. The SMILES string of the molecule is CC(C)n1cc(C(=O)Nc2ccc(OC3=CC(C(=O)N(C)C)=CN/C3=C\C=N)c(F)c2)c(=O)n(-c2ccc(F)cc2)c1=O. The summed E-state index contributed by atoms with van der Waals surface area (Å²) in [6.07, 6.45) is 6.32. The van der Waals surface area contributed by atoms with Crippen LogP contribution in [0.1, 0.15) is 30.2 Å². The Hall–Kier alpha value is -5.59. The van der Waals surface area contributed by atoms with Gasteiger partial charge in [-0.25, -0.2) is 18.1 Å². The van der Waals surface area contributed by atoms with Gasteiger partial charge in [0.1, 0.15) is 11.4 Å². The number of carbonyl (C=O) groups is 2. The summed E-state index contributed by atoms with van der Waals surface area (Å²) in [6, 6.07) is 7.78. The fourth-order valence-corrected chi connectivity index (χ4v) is 4.06. The van der Waals surface area contributed by atoms with E-state index in [2.05, 4.69) is 10.6 Å². The number of aromatic nitrogens is 2. The molecule has 1 aliphatic heterocycles. The van der Waals surface area contributed by atoms with Gasteiger partial charge < -0.3 is 25.7 Å². The van der Waals surface area contributed by atoms with Crippen LogP contribution < -0.4 is 26.6 Å². The molecule has 0 saturated carbocycles. The second-order valence-electron chi connectivity index (χ2n) is 9.84. The molecule has 0 spiro atoms. The number of amides is 2. The zero-order valence-electron chi connectivity index (χ0n) is 23.6. The van der Waals surface area contributed by atoms with Gasteiger partial charge in [0.25, 0.3) is 17.4 Å². The number of hydrogen-bond donors (Lipinski definition) is 3. The lowest BCUT2D eigenvalue weighted by Gasteiger charge is -2.20. The molecule has 0 bridgehead atoms. The van der Waals surface area contributed by atoms with Crippen molar-refractivity contribution in [3.8, 4) is 11.4 Å². The van der Waals surface area contributed by atoms with E-state index in [1.807, 2.05) is 0 Å². The lowest BCUT2D eigenvalue weighted by atomic mass is 10.1. The van der Waals surface area contributed by atoms with Crippen molar-refractivity contribution in [1.29, 1.82) is 5.41 Å². The van der Waals surface area contributed by atoms with Crippen molar-refractivity contribution in [2.24, 2.45) is 0 Å². The van der Waals surface area contributed by atoms with Gasteiger partial charge >= 0.3 is 5.69 Å². The van der Waals surface area contributed by atoms with Crippen LogP contribution in [-0.4, -0.2) is 46.2 Å². The molecule has 0 fully saturated rings. The van der Waals surface area contributed by atoms with Gasteiger partial charge in [-0.15, -0.1) is 0 Å². The molecule has 3 aromatic rings. The highest BCUT2D eigenvalue weighted by molar-refractivity contribution is 6.04. The predicted molar refractivity (Wildman–Crippen MR) is 156 cm³/mol. The first-order chi connectivity index (χ1) is 20.4. The van der Waals surface area contributed by atoms with Crippen LogP contribution in [0.3, 0.4) is 0 Å². The molecule has 2 amide bonds. The van der Waals surface area contributed by atoms with Gasteiger partial charge in [0.15, 0.2) is 17.3 Å². The largest absolute Gasteiger partial charge is 0.452 e. The molecule has 1 aliphatic rings. The first kappa shape index (κ1) is 30.4. The first-order valence-corrected chi connectivity index (χ1v) is 12.9. The maximum Gasteiger partial charge on any atom is 0.335 e. The fraction of sp³-hybridized carbons (Fsp3) is 0.167. The van der Waals surface area contributed by atoms with E-state index < -0.39 is 40.4 Å². The van der Waals surface area contributed by atoms with Gasteiger partial charge in [-0.3, -0.25) is 19.0 Å². The Morgan fingerprint density at radius 3 is 2.40 bits per heavy atom. The number of nitrogens with zero attached hydrogens (tertiary/aromatic N) is 3. The van der Waals surface area contributed by atoms with Crippen LogP contribution >= 0.6 is 0 Å². The summed E-state index contributed by atoms with van der Waals surface area (Å²) < 4.78 is 36.3. The number of allylic oxidation sites excluding steroid dienone is 1. The lowest BCUT2D eigenvalue weighted by molar-refractivity contribution is -0.124. The lowest BCUT2D eigenvalue weighted by Crippen LogP contribution is -2.42. The third-order valence-corrected chi connectivity index (χ3v) is 6.25. The third kappa shape index (κ3) is 6.50. The Labute approximate surface area is 244 Å². The van der Waals surface area contributed by atoms with E-state index in [0.29, 0.717) is 5.70 Å². The number of anilines is 1. The number of ether oxygens (including phenoxy) is 1. The molecule has 11 nitrogen and oxygen atoms in total. The fourth-order valence-electron chi connectivity index (χ4n) is 4.06. The molecule has 222 valence electrons. The quantitative estimate of drug-likeness (QED) is 0.344. The highest BCUT2D eigenvalue weighted by Gasteiger charge is 2.22. The molecule has 0 unspecified atom stereocenters. The number of benzene rings is 2. The first-order valence-electron chi connectivity index (χ1n) is 12.9. The molecular weight excluding hydrogens is 562 g/mol. The van der Waals surface area contributed by atoms with Crippen LogP contribution in [0.25, 0.3) is 5.69 Å². The van der Waals surface area contributed by atoms with Crippen molar-refractivity contribution in [2.45, 2.75) is 19.9 Å². The van der Waals surface area contributed by atoms with Gasteiger partial charge in [-0.2, -0.15) is 0 Å². The van der Waals surface area contributed by atoms with Crippen molar-refractivity contribution < 1.29 is 23.1 Å². The Balaban J connectivity index is 1.64. The summed E-state index contributed by atoms with van der Waals surface area (Å²) in [6.45, 7) is 3.37. The van der Waals surface area contributed by atoms with Gasteiger partial charge in [0.2, 0.25) is 0 Å². The molecule has 13 heteroatoms. The number of nitrogens with one attached hydrogen (secondary N) is 3. The van der Waals surface area contributed by atoms with Gasteiger partial charge in [0, 0.05) is 50.5 Å². The van der Waals surface area contributed by atoms with E-state index in [0.717, 1.165) is 35.2 Å². The molecule has 1 aromatic heterocycles. The minimum atomic E-state index is -0.940. The maximum absolute atomic E-state index is 15.2. The molecule has 0 saturated heterocycles. The number of carbonyl (C=O) groups excluding carboxylic acids is 2. The number of halogens is 2. The molecule has 4 rings (SSSR count). The number of dihydropyridines is 1. The topological polar surface area (TPSA) is 139 Å². The molecule has 43 heavy (non-hydrogen) atoms. The van der Waals surface area contributed by atoms with E-state index in [-0.39, 0.29) is 34.4 Å². The van der Waals surface area contributed by atoms with Crippen LogP contribution in [0, 0.1) is 17.0 Å². The Morgan fingerprint density at radius 1 is 1.09 bits per heavy atom. The second-order valence-corrected chi connectivity index (χ2v) is 9.84. The minimum Gasteiger partial charge on any atom is -0.452 e. The molecule has 0 atom stereocenters. The average molecular weight is 591 g/mol. The average Bonchev–Trinajstić information content (AvgIpc) is 2.95. The Morgan fingerprint density at radius 2 is 1.79 bits per heavy atom. The molecule has 0 radical (unpaired) electrons. The Kier molecular flexibility index (Phi) is 8.84. The zero-order chi connectivity index (χ0) is 31.4. The number of likely N-dealkylation sites (N-methyl/N-ethyl adjacent to an activating group) is 1. The van der Waals surface area contributed by atoms with Crippen molar-refractivity contribution in [1.82, 2.24) is 19.4 Å². The van der Waals surface area contributed by atoms with E-state index >= 15 is 4.39 Å². The standard InChI is InChI=1S/C30H28F2N6O5/c1-17(2)37-16-22(29(41)38(30(37)42)21-8-5-19(31)6-9-21)27(39)35-20-7-10-25(23(32)14-20)43-26-13-18(28(40)36(3)4)15-34-24(26)11-12-33/h5-17,33-34H,1-4H3,(H,35,39)/b24-11-,33-12?. The molecule has 2 heterocycles. The van der Waals surface area contributed by atoms with Gasteiger partial charge in [-0.1, -0.05) is 0 Å². The van der Waals surface area contributed by atoms with Crippen molar-refractivity contribution in [2.75, 3.05) is 19.4 Å². The van der Waals surface area contributed by atoms with Crippen LogP contribution in [-0.2, 0) is 4.79 Å². The summed E-state index contributed by atoms with van der Waals surface area (Å²) >= 11 is 0. The zero-order valence-corrected chi connectivity index (χ0v) is 23.6. The second kappa shape index (κ2) is 12.5. The molecule has 0 aliphatic carbocycles. The Bertz CT molecular complexity index is 1820. The predicted octanol–water partition coefficient (Wildman–Crippen LogP) is 3.48. The van der Waals surface area contributed by atoms with Crippen LogP contribution in [0.15, 0.2) is 93.6 Å². The van der Waals surface area contributed by atoms with Crippen LogP contribution in [0.2, 0.25) is 0 Å². The van der Waals surface area contributed by atoms with Crippen molar-refractivity contribution >= 4 is 23.7 Å².